The Morgan fingerprint density at radius 3 is 2.72 bits per heavy atom. The van der Waals surface area contributed by atoms with E-state index in [1.165, 1.54) is 0 Å². The van der Waals surface area contributed by atoms with Crippen molar-refractivity contribution in [2.45, 2.75) is 20.4 Å². The van der Waals surface area contributed by atoms with Crippen molar-refractivity contribution in [3.8, 4) is 11.6 Å². The Kier molecular flexibility index (Phi) is 3.84. The van der Waals surface area contributed by atoms with Gasteiger partial charge >= 0.3 is 0 Å². The molecule has 0 saturated heterocycles. The first-order valence-corrected chi connectivity index (χ1v) is 6.07. The number of nitrogens with zero attached hydrogens (tertiary/aromatic N) is 1. The van der Waals surface area contributed by atoms with E-state index in [2.05, 4.69) is 4.98 Å². The molecule has 0 fully saturated rings. The van der Waals surface area contributed by atoms with Gasteiger partial charge in [-0.25, -0.2) is 4.98 Å². The molecule has 0 aliphatic rings. The summed E-state index contributed by atoms with van der Waals surface area (Å²) in [6.07, 6.45) is 1.71. The van der Waals surface area contributed by atoms with Crippen LogP contribution in [0.5, 0.6) is 11.6 Å². The summed E-state index contributed by atoms with van der Waals surface area (Å²) in [5, 5.41) is 0.574. The topological polar surface area (TPSA) is 48.1 Å². The molecule has 0 radical (unpaired) electrons. The summed E-state index contributed by atoms with van der Waals surface area (Å²) in [4.78, 5) is 4.25. The molecule has 2 aromatic rings. The van der Waals surface area contributed by atoms with Crippen LogP contribution in [0.1, 0.15) is 16.7 Å². The zero-order valence-corrected chi connectivity index (χ0v) is 11.2. The molecule has 94 valence electrons. The van der Waals surface area contributed by atoms with E-state index in [1.807, 2.05) is 38.1 Å². The second kappa shape index (κ2) is 5.38. The number of aryl methyl sites for hydroxylation is 2. The van der Waals surface area contributed by atoms with Crippen LogP contribution in [-0.2, 0) is 6.54 Å². The van der Waals surface area contributed by atoms with Crippen LogP contribution in [0.2, 0.25) is 5.02 Å². The molecule has 0 atom stereocenters. The van der Waals surface area contributed by atoms with E-state index in [9.17, 15) is 0 Å². The summed E-state index contributed by atoms with van der Waals surface area (Å²) in [6, 6.07) is 7.61. The van der Waals surface area contributed by atoms with Crippen molar-refractivity contribution in [3.05, 3.63) is 52.2 Å². The largest absolute Gasteiger partial charge is 0.437 e. The van der Waals surface area contributed by atoms with Gasteiger partial charge in [-0.1, -0.05) is 17.7 Å². The van der Waals surface area contributed by atoms with Gasteiger partial charge in [0.05, 0.1) is 5.02 Å². The highest BCUT2D eigenvalue weighted by molar-refractivity contribution is 6.32. The van der Waals surface area contributed by atoms with Crippen molar-refractivity contribution in [2.24, 2.45) is 5.73 Å². The van der Waals surface area contributed by atoms with Gasteiger partial charge in [0.1, 0.15) is 5.75 Å². The van der Waals surface area contributed by atoms with Crippen molar-refractivity contribution in [3.63, 3.8) is 0 Å². The highest BCUT2D eigenvalue weighted by atomic mass is 35.5. The Hall–Kier alpha value is -1.58. The zero-order valence-electron chi connectivity index (χ0n) is 10.4. The maximum atomic E-state index is 6.08. The maximum absolute atomic E-state index is 6.08. The predicted octanol–water partition coefficient (Wildman–Crippen LogP) is 3.60. The molecule has 0 bridgehead atoms. The molecule has 3 nitrogen and oxygen atoms in total. The SMILES string of the molecule is Cc1ccc(Cl)c(Oc2ncc(CN)cc2C)c1. The number of rotatable bonds is 3. The molecular formula is C14H15ClN2O. The lowest BCUT2D eigenvalue weighted by atomic mass is 10.2. The van der Waals surface area contributed by atoms with Crippen LogP contribution in [-0.4, -0.2) is 4.98 Å². The quantitative estimate of drug-likeness (QED) is 0.919. The number of nitrogens with two attached hydrogens (primary N) is 1. The van der Waals surface area contributed by atoms with Gasteiger partial charge in [0.2, 0.25) is 5.88 Å². The Morgan fingerprint density at radius 2 is 2.06 bits per heavy atom. The van der Waals surface area contributed by atoms with E-state index < -0.39 is 0 Å². The van der Waals surface area contributed by atoms with E-state index in [0.29, 0.717) is 23.2 Å². The summed E-state index contributed by atoms with van der Waals surface area (Å²) in [5.74, 6) is 1.17. The normalized spacial score (nSPS) is 10.4. The number of hydrogen-bond donors (Lipinski definition) is 1. The summed E-state index contributed by atoms with van der Waals surface area (Å²) in [5.41, 5.74) is 8.57. The van der Waals surface area contributed by atoms with E-state index in [4.69, 9.17) is 22.1 Å². The van der Waals surface area contributed by atoms with Gasteiger partial charge in [0.15, 0.2) is 0 Å². The smallest absolute Gasteiger partial charge is 0.222 e. The fourth-order valence-electron chi connectivity index (χ4n) is 1.63. The fraction of sp³-hybridized carbons (Fsp3) is 0.214. The summed E-state index contributed by atoms with van der Waals surface area (Å²) in [7, 11) is 0. The van der Waals surface area contributed by atoms with Gasteiger partial charge in [0, 0.05) is 18.3 Å². The van der Waals surface area contributed by atoms with Gasteiger partial charge in [0.25, 0.3) is 0 Å². The van der Waals surface area contributed by atoms with Crippen LogP contribution < -0.4 is 10.5 Å². The lowest BCUT2D eigenvalue weighted by Crippen LogP contribution is -1.99. The number of benzene rings is 1. The minimum Gasteiger partial charge on any atom is -0.437 e. The third-order valence-electron chi connectivity index (χ3n) is 2.62. The van der Waals surface area contributed by atoms with Crippen molar-refractivity contribution in [1.82, 2.24) is 4.98 Å². The molecule has 2 N–H and O–H groups in total. The number of ether oxygens (including phenoxy) is 1. The highest BCUT2D eigenvalue weighted by Gasteiger charge is 2.07. The Bertz CT molecular complexity index is 570. The van der Waals surface area contributed by atoms with Crippen LogP contribution in [0.3, 0.4) is 0 Å². The fourth-order valence-corrected chi connectivity index (χ4v) is 1.79. The maximum Gasteiger partial charge on any atom is 0.222 e. The molecule has 4 heteroatoms. The van der Waals surface area contributed by atoms with Crippen LogP contribution in [0, 0.1) is 13.8 Å². The lowest BCUT2D eigenvalue weighted by molar-refractivity contribution is 0.458. The number of pyridine rings is 1. The molecule has 0 spiro atoms. The van der Waals surface area contributed by atoms with Crippen molar-refractivity contribution in [2.75, 3.05) is 0 Å². The number of hydrogen-bond acceptors (Lipinski definition) is 3. The second-order valence-corrected chi connectivity index (χ2v) is 4.61. The minimum absolute atomic E-state index is 0.472. The first kappa shape index (κ1) is 12.9. The minimum atomic E-state index is 0.472. The first-order valence-electron chi connectivity index (χ1n) is 5.69. The van der Waals surface area contributed by atoms with Gasteiger partial charge < -0.3 is 10.5 Å². The zero-order chi connectivity index (χ0) is 13.1. The molecule has 0 aliphatic carbocycles. The molecular weight excluding hydrogens is 248 g/mol. The lowest BCUT2D eigenvalue weighted by Gasteiger charge is -2.10. The highest BCUT2D eigenvalue weighted by Crippen LogP contribution is 2.30. The van der Waals surface area contributed by atoms with Crippen LogP contribution in [0.15, 0.2) is 30.5 Å². The Balaban J connectivity index is 2.31. The average molecular weight is 263 g/mol. The predicted molar refractivity (Wildman–Crippen MR) is 73.1 cm³/mol. The molecule has 1 aromatic carbocycles. The first-order chi connectivity index (χ1) is 8.60. The third-order valence-corrected chi connectivity index (χ3v) is 2.93. The van der Waals surface area contributed by atoms with Gasteiger partial charge in [-0.05, 0) is 43.2 Å². The van der Waals surface area contributed by atoms with Gasteiger partial charge in [-0.15, -0.1) is 0 Å². The molecule has 0 aliphatic heterocycles. The molecule has 2 rings (SSSR count). The van der Waals surface area contributed by atoms with Gasteiger partial charge in [-0.3, -0.25) is 0 Å². The Morgan fingerprint density at radius 1 is 1.28 bits per heavy atom. The molecule has 0 unspecified atom stereocenters. The summed E-state index contributed by atoms with van der Waals surface area (Å²) < 4.78 is 5.74. The molecule has 18 heavy (non-hydrogen) atoms. The standard InChI is InChI=1S/C14H15ClN2O/c1-9-3-4-12(15)13(5-9)18-14-10(2)6-11(7-16)8-17-14/h3-6,8H,7,16H2,1-2H3. The van der Waals surface area contributed by atoms with Crippen LogP contribution in [0.25, 0.3) is 0 Å². The van der Waals surface area contributed by atoms with Crippen LogP contribution in [0.4, 0.5) is 0 Å². The van der Waals surface area contributed by atoms with E-state index in [-0.39, 0.29) is 0 Å². The van der Waals surface area contributed by atoms with E-state index in [1.54, 1.807) is 6.20 Å². The Labute approximate surface area is 112 Å². The average Bonchev–Trinajstić information content (AvgIpc) is 2.36. The third kappa shape index (κ3) is 2.81. The summed E-state index contributed by atoms with van der Waals surface area (Å²) >= 11 is 6.08. The van der Waals surface area contributed by atoms with Crippen LogP contribution >= 0.6 is 11.6 Å². The van der Waals surface area contributed by atoms with Crippen molar-refractivity contribution in [1.29, 1.82) is 0 Å². The second-order valence-electron chi connectivity index (χ2n) is 4.21. The van der Waals surface area contributed by atoms with Crippen molar-refractivity contribution >= 4 is 11.6 Å². The van der Waals surface area contributed by atoms with Crippen molar-refractivity contribution < 1.29 is 4.74 Å². The number of halogens is 1. The monoisotopic (exact) mass is 262 g/mol. The molecule has 1 aromatic heterocycles. The molecule has 0 saturated carbocycles. The summed E-state index contributed by atoms with van der Waals surface area (Å²) in [6.45, 7) is 4.39. The van der Waals surface area contributed by atoms with E-state index >= 15 is 0 Å². The molecule has 1 heterocycles. The molecule has 0 amide bonds. The number of aromatic nitrogens is 1. The van der Waals surface area contributed by atoms with E-state index in [0.717, 1.165) is 16.7 Å². The van der Waals surface area contributed by atoms with Gasteiger partial charge in [-0.2, -0.15) is 0 Å².